The van der Waals surface area contributed by atoms with E-state index >= 15 is 0 Å². The lowest BCUT2D eigenvalue weighted by Crippen LogP contribution is -2.28. The summed E-state index contributed by atoms with van der Waals surface area (Å²) in [7, 11) is 0. The van der Waals surface area contributed by atoms with Gasteiger partial charge in [0.05, 0.1) is 5.60 Å². The van der Waals surface area contributed by atoms with Crippen LogP contribution in [0.5, 0.6) is 5.75 Å². The third-order valence-electron chi connectivity index (χ3n) is 4.42. The van der Waals surface area contributed by atoms with Gasteiger partial charge >= 0.3 is 0 Å². The van der Waals surface area contributed by atoms with E-state index in [0.717, 1.165) is 41.3 Å². The Bertz CT molecular complexity index is 1030. The number of aliphatic hydroxyl groups is 1. The van der Waals surface area contributed by atoms with Crippen molar-refractivity contribution in [3.8, 4) is 11.4 Å². The van der Waals surface area contributed by atoms with Gasteiger partial charge in [0.25, 0.3) is 5.56 Å². The molecule has 1 N–H and O–H groups in total. The van der Waals surface area contributed by atoms with Crippen molar-refractivity contribution in [2.24, 2.45) is 0 Å². The van der Waals surface area contributed by atoms with E-state index in [1.54, 1.807) is 37.0 Å². The number of aromatic nitrogens is 3. The van der Waals surface area contributed by atoms with E-state index < -0.39 is 5.60 Å². The van der Waals surface area contributed by atoms with Crippen molar-refractivity contribution in [2.45, 2.75) is 44.2 Å². The van der Waals surface area contributed by atoms with Crippen LogP contribution in [0.3, 0.4) is 0 Å². The van der Waals surface area contributed by atoms with Gasteiger partial charge < -0.3 is 9.84 Å². The van der Waals surface area contributed by atoms with Crippen molar-refractivity contribution in [2.75, 3.05) is 12.4 Å². The Kier molecular flexibility index (Phi) is 7.29. The third kappa shape index (κ3) is 5.93. The molecule has 0 radical (unpaired) electrons. The van der Waals surface area contributed by atoms with Crippen LogP contribution < -0.4 is 10.3 Å². The quantitative estimate of drug-likeness (QED) is 0.527. The van der Waals surface area contributed by atoms with Gasteiger partial charge in [-0.1, -0.05) is 13.0 Å². The maximum Gasteiger partial charge on any atom is 0.287 e. The number of thioether (sulfide) groups is 1. The fourth-order valence-corrected chi connectivity index (χ4v) is 3.74. The molecule has 0 saturated carbocycles. The normalized spacial score (nSPS) is 11.5. The SMILES string of the molecule is CCc1cc(-n2ccnc(SCCc3ccccn3)c2=O)ccc1OCC(C)(C)O. The Morgan fingerprint density at radius 3 is 2.70 bits per heavy atom. The van der Waals surface area contributed by atoms with Crippen molar-refractivity contribution >= 4 is 11.8 Å². The lowest BCUT2D eigenvalue weighted by molar-refractivity contribution is 0.0282. The Hall–Kier alpha value is -2.64. The summed E-state index contributed by atoms with van der Waals surface area (Å²) in [4.78, 5) is 21.5. The van der Waals surface area contributed by atoms with Gasteiger partial charge in [-0.05, 0) is 62.6 Å². The first kappa shape index (κ1) is 22.1. The Morgan fingerprint density at radius 2 is 2.00 bits per heavy atom. The Morgan fingerprint density at radius 1 is 1.17 bits per heavy atom. The Balaban J connectivity index is 1.77. The first-order valence-electron chi connectivity index (χ1n) is 9.96. The molecule has 0 spiro atoms. The number of ether oxygens (including phenoxy) is 1. The molecule has 0 bridgehead atoms. The molecule has 0 fully saturated rings. The van der Waals surface area contributed by atoms with E-state index in [2.05, 4.69) is 9.97 Å². The van der Waals surface area contributed by atoms with Crippen LogP contribution in [-0.4, -0.2) is 37.6 Å². The summed E-state index contributed by atoms with van der Waals surface area (Å²) in [6, 6.07) is 11.5. The fourth-order valence-electron chi connectivity index (χ4n) is 2.88. The highest BCUT2D eigenvalue weighted by Crippen LogP contribution is 2.24. The van der Waals surface area contributed by atoms with E-state index in [1.807, 2.05) is 43.3 Å². The van der Waals surface area contributed by atoms with Crippen molar-refractivity contribution in [1.29, 1.82) is 0 Å². The molecule has 0 aliphatic heterocycles. The summed E-state index contributed by atoms with van der Waals surface area (Å²) in [5.41, 5.74) is 1.69. The van der Waals surface area contributed by atoms with Crippen LogP contribution in [0.2, 0.25) is 0 Å². The molecule has 1 aromatic carbocycles. The van der Waals surface area contributed by atoms with Crippen molar-refractivity contribution < 1.29 is 9.84 Å². The number of hydrogen-bond donors (Lipinski definition) is 1. The average molecular weight is 426 g/mol. The summed E-state index contributed by atoms with van der Waals surface area (Å²) in [5.74, 6) is 1.45. The summed E-state index contributed by atoms with van der Waals surface area (Å²) < 4.78 is 7.38. The second-order valence-electron chi connectivity index (χ2n) is 7.57. The van der Waals surface area contributed by atoms with Crippen molar-refractivity contribution in [3.05, 3.63) is 76.6 Å². The number of rotatable bonds is 9. The number of benzene rings is 1. The van der Waals surface area contributed by atoms with Gasteiger partial charge in [-0.25, -0.2) is 4.98 Å². The molecule has 3 aromatic rings. The topological polar surface area (TPSA) is 77.2 Å². The molecule has 0 saturated heterocycles. The number of nitrogens with zero attached hydrogens (tertiary/aromatic N) is 3. The fraction of sp³-hybridized carbons (Fsp3) is 0.348. The molecule has 158 valence electrons. The van der Waals surface area contributed by atoms with E-state index in [0.29, 0.717) is 5.03 Å². The van der Waals surface area contributed by atoms with Crippen molar-refractivity contribution in [1.82, 2.24) is 14.5 Å². The van der Waals surface area contributed by atoms with Crippen LogP contribution >= 0.6 is 11.8 Å². The van der Waals surface area contributed by atoms with Crippen molar-refractivity contribution in [3.63, 3.8) is 0 Å². The summed E-state index contributed by atoms with van der Waals surface area (Å²) in [5, 5.41) is 10.4. The molecule has 0 aliphatic carbocycles. The highest BCUT2D eigenvalue weighted by atomic mass is 32.2. The van der Waals surface area contributed by atoms with Crippen LogP contribution in [0.1, 0.15) is 32.0 Å². The summed E-state index contributed by atoms with van der Waals surface area (Å²) in [6.45, 7) is 5.64. The largest absolute Gasteiger partial charge is 0.490 e. The minimum absolute atomic E-state index is 0.143. The number of aryl methyl sites for hydroxylation is 2. The highest BCUT2D eigenvalue weighted by molar-refractivity contribution is 7.99. The van der Waals surface area contributed by atoms with E-state index in [1.165, 1.54) is 11.8 Å². The molecule has 6 nitrogen and oxygen atoms in total. The maximum atomic E-state index is 13.0. The second kappa shape index (κ2) is 9.91. The molecule has 30 heavy (non-hydrogen) atoms. The van der Waals surface area contributed by atoms with Crippen LogP contribution in [0.4, 0.5) is 0 Å². The molecular weight excluding hydrogens is 398 g/mol. The summed E-state index contributed by atoms with van der Waals surface area (Å²) in [6.07, 6.45) is 6.62. The van der Waals surface area contributed by atoms with Gasteiger partial charge in [-0.2, -0.15) is 0 Å². The maximum absolute atomic E-state index is 13.0. The molecule has 2 aromatic heterocycles. The van der Waals surface area contributed by atoms with Gasteiger partial charge in [0, 0.05) is 35.7 Å². The van der Waals surface area contributed by atoms with Gasteiger partial charge in [0.1, 0.15) is 12.4 Å². The van der Waals surface area contributed by atoms with E-state index in [4.69, 9.17) is 4.74 Å². The van der Waals surface area contributed by atoms with Crippen LogP contribution in [0.15, 0.2) is 64.8 Å². The molecule has 0 unspecified atom stereocenters. The van der Waals surface area contributed by atoms with Crippen LogP contribution in [-0.2, 0) is 12.8 Å². The first-order valence-corrected chi connectivity index (χ1v) is 10.9. The predicted octanol–water partition coefficient (Wildman–Crippen LogP) is 3.67. The summed E-state index contributed by atoms with van der Waals surface area (Å²) >= 11 is 1.44. The van der Waals surface area contributed by atoms with E-state index in [-0.39, 0.29) is 12.2 Å². The van der Waals surface area contributed by atoms with E-state index in [9.17, 15) is 9.90 Å². The minimum atomic E-state index is -0.910. The standard InChI is InChI=1S/C23H27N3O3S/c1-4-17-15-19(8-9-20(17)29-16-23(2,3)28)26-13-12-25-21(22(26)27)30-14-10-18-7-5-6-11-24-18/h5-9,11-13,15,28H,4,10,14,16H2,1-3H3. The van der Waals surface area contributed by atoms with Gasteiger partial charge in [-0.15, -0.1) is 11.8 Å². The lowest BCUT2D eigenvalue weighted by atomic mass is 10.1. The zero-order valence-corrected chi connectivity index (χ0v) is 18.4. The molecule has 0 aliphatic rings. The highest BCUT2D eigenvalue weighted by Gasteiger charge is 2.15. The first-order chi connectivity index (χ1) is 14.4. The average Bonchev–Trinajstić information content (AvgIpc) is 2.73. The van der Waals surface area contributed by atoms with Crippen LogP contribution in [0, 0.1) is 0 Å². The third-order valence-corrected chi connectivity index (χ3v) is 5.38. The zero-order valence-electron chi connectivity index (χ0n) is 17.5. The number of hydrogen-bond acceptors (Lipinski definition) is 6. The molecule has 0 amide bonds. The second-order valence-corrected chi connectivity index (χ2v) is 8.66. The zero-order chi connectivity index (χ0) is 21.6. The van der Waals surface area contributed by atoms with Gasteiger partial charge in [0.2, 0.25) is 0 Å². The molecule has 2 heterocycles. The van der Waals surface area contributed by atoms with Crippen LogP contribution in [0.25, 0.3) is 5.69 Å². The monoisotopic (exact) mass is 425 g/mol. The predicted molar refractivity (Wildman–Crippen MR) is 120 cm³/mol. The number of pyridine rings is 1. The molecule has 7 heteroatoms. The molecule has 0 atom stereocenters. The van der Waals surface area contributed by atoms with Gasteiger partial charge in [0.15, 0.2) is 5.03 Å². The molecular formula is C23H27N3O3S. The minimum Gasteiger partial charge on any atom is -0.490 e. The molecule has 3 rings (SSSR count). The Labute approximate surface area is 181 Å². The lowest BCUT2D eigenvalue weighted by Gasteiger charge is -2.20. The van der Waals surface area contributed by atoms with Gasteiger partial charge in [-0.3, -0.25) is 14.3 Å². The smallest absolute Gasteiger partial charge is 0.287 e.